The van der Waals surface area contributed by atoms with Crippen molar-refractivity contribution in [1.82, 2.24) is 0 Å². The van der Waals surface area contributed by atoms with Crippen LogP contribution < -0.4 is 19.6 Å². The van der Waals surface area contributed by atoms with Crippen LogP contribution >= 0.6 is 0 Å². The average molecular weight is 1000 g/mol. The lowest BCUT2D eigenvalue weighted by Crippen LogP contribution is -2.12. The van der Waals surface area contributed by atoms with Gasteiger partial charge in [0.05, 0.1) is 0 Å². The minimum atomic E-state index is 1.08. The molecule has 0 spiro atoms. The highest BCUT2D eigenvalue weighted by Crippen LogP contribution is 2.42. The molecule has 0 radical (unpaired) electrons. The van der Waals surface area contributed by atoms with E-state index in [1.807, 2.05) is 45.1 Å². The third kappa shape index (κ3) is 14.0. The minimum Gasteiger partial charge on any atom is -0.311 e. The van der Waals surface area contributed by atoms with E-state index in [-0.39, 0.29) is 0 Å². The van der Waals surface area contributed by atoms with Crippen molar-refractivity contribution in [2.75, 3.05) is 19.6 Å². The Morgan fingerprint density at radius 2 is 0.558 bits per heavy atom. The molecule has 10 rings (SSSR count). The number of aryl methyl sites for hydroxylation is 2. The first-order valence-electron chi connectivity index (χ1n) is 26.2. The van der Waals surface area contributed by atoms with Crippen molar-refractivity contribution < 1.29 is 0 Å². The number of para-hydroxylation sites is 4. The Hall–Kier alpha value is -9.64. The number of rotatable bonds is 15. The second-order valence-corrected chi connectivity index (χ2v) is 18.5. The molecule has 0 saturated heterocycles. The monoisotopic (exact) mass is 1000 g/mol. The Kier molecular flexibility index (Phi) is 18.9. The number of anilines is 12. The molecule has 0 unspecified atom stereocenters. The van der Waals surface area contributed by atoms with E-state index in [1.54, 1.807) is 6.08 Å². The molecule has 4 nitrogen and oxygen atoms in total. The van der Waals surface area contributed by atoms with E-state index in [0.29, 0.717) is 0 Å². The zero-order valence-electron chi connectivity index (χ0n) is 45.0. The van der Waals surface area contributed by atoms with Crippen molar-refractivity contribution >= 4 is 68.2 Å². The zero-order chi connectivity index (χ0) is 53.8. The van der Waals surface area contributed by atoms with E-state index in [1.165, 1.54) is 16.7 Å². The molecule has 0 bridgehead atoms. The first kappa shape index (κ1) is 53.6. The fourth-order valence-corrected chi connectivity index (χ4v) is 8.99. The molecule has 0 fully saturated rings. The highest BCUT2D eigenvalue weighted by molar-refractivity contribution is 5.84. The molecule has 4 heteroatoms. The summed E-state index contributed by atoms with van der Waals surface area (Å²) in [7, 11) is 0. The van der Waals surface area contributed by atoms with Gasteiger partial charge in [-0.15, -0.1) is 0 Å². The molecular formula is C73H68N4. The van der Waals surface area contributed by atoms with Crippen LogP contribution in [0, 0.1) is 13.8 Å². The third-order valence-corrected chi connectivity index (χ3v) is 13.0. The molecule has 0 atom stereocenters. The molecule has 10 aromatic carbocycles. The van der Waals surface area contributed by atoms with Crippen LogP contribution in [0.4, 0.5) is 68.2 Å². The van der Waals surface area contributed by atoms with E-state index in [0.717, 1.165) is 79.4 Å². The first-order valence-corrected chi connectivity index (χ1v) is 26.2. The normalized spacial score (nSPS) is 10.8. The highest BCUT2D eigenvalue weighted by atomic mass is 15.2. The van der Waals surface area contributed by atoms with Crippen LogP contribution in [0.5, 0.6) is 0 Å². The van der Waals surface area contributed by atoms with Gasteiger partial charge in [-0.3, -0.25) is 0 Å². The summed E-state index contributed by atoms with van der Waals surface area (Å²) in [5, 5.41) is 0. The molecule has 0 aliphatic rings. The van der Waals surface area contributed by atoms with Crippen molar-refractivity contribution in [3.05, 3.63) is 327 Å². The topological polar surface area (TPSA) is 13.0 Å². The number of hydrogen-bond donors (Lipinski definition) is 0. The Morgan fingerprint density at radius 3 is 0.766 bits per heavy atom. The quantitative estimate of drug-likeness (QED) is 0.0949. The average Bonchev–Trinajstić information content (AvgIpc) is 3.50. The Bertz CT molecular complexity index is 3240. The summed E-state index contributed by atoms with van der Waals surface area (Å²) < 4.78 is 0. The fourth-order valence-electron chi connectivity index (χ4n) is 8.99. The van der Waals surface area contributed by atoms with Crippen molar-refractivity contribution in [2.24, 2.45) is 0 Å². The van der Waals surface area contributed by atoms with Gasteiger partial charge in [0.25, 0.3) is 0 Å². The third-order valence-electron chi connectivity index (χ3n) is 13.0. The first-order chi connectivity index (χ1) is 37.8. The molecule has 0 heterocycles. The summed E-state index contributed by atoms with van der Waals surface area (Å²) in [6.07, 6.45) is 9.43. The van der Waals surface area contributed by atoms with Crippen LogP contribution in [0.25, 0.3) is 11.1 Å². The molecule has 380 valence electrons. The van der Waals surface area contributed by atoms with E-state index in [4.69, 9.17) is 0 Å². The van der Waals surface area contributed by atoms with Gasteiger partial charge in [0, 0.05) is 68.2 Å². The summed E-state index contributed by atoms with van der Waals surface area (Å²) in [6.45, 7) is 17.3. The van der Waals surface area contributed by atoms with Gasteiger partial charge in [-0.05, 0) is 202 Å². The van der Waals surface area contributed by atoms with Crippen LogP contribution in [0.3, 0.4) is 0 Å². The smallest absolute Gasteiger partial charge is 0.0464 e. The number of allylic oxidation sites excluding steroid dienone is 6. The molecular weight excluding hydrogens is 933 g/mol. The standard InChI is InChI=1S/C62H50N4.C6H10.C5H8/c1-47-17-15-27-61(45-47)65(53-23-11-5-12-24-53)59-41-37-57(38-42-59)63(51-19-7-3-8-20-51)55-33-29-49(30-34-55)50-31-35-56(36-32-50)64(52-21-9-4-10-22-52)58-39-43-60(44-40-58)66(54-25-13-6-14-26-54)62-28-16-18-48(2)46-62;1-4-6(3)5-2;1-3-5-4-2/h3-46H,1-2H3;4-5H,1H2,2-3H3;3-5H,1H2,2H3/b;6-5-;5-4-. The zero-order valence-corrected chi connectivity index (χ0v) is 45.0. The van der Waals surface area contributed by atoms with Gasteiger partial charge >= 0.3 is 0 Å². The van der Waals surface area contributed by atoms with Crippen molar-refractivity contribution in [3.63, 3.8) is 0 Å². The second kappa shape index (κ2) is 27.1. The number of benzene rings is 10. The van der Waals surface area contributed by atoms with Crippen LogP contribution in [-0.2, 0) is 0 Å². The SMILES string of the molecule is C=C/C(C)=C\C.C=C/C=C\C.Cc1cccc(N(c2ccccc2)c2ccc(N(c3ccccc3)c3ccc(-c4ccc(N(c5ccccc5)c5ccc(N(c6ccccc6)c6cccc(C)c6)cc5)cc4)cc3)cc2)c1. The van der Waals surface area contributed by atoms with Crippen LogP contribution in [0.15, 0.2) is 316 Å². The van der Waals surface area contributed by atoms with E-state index in [9.17, 15) is 0 Å². The number of nitrogens with zero attached hydrogens (tertiary/aromatic N) is 4. The lowest BCUT2D eigenvalue weighted by atomic mass is 10.0. The Labute approximate surface area is 458 Å². The molecule has 77 heavy (non-hydrogen) atoms. The van der Waals surface area contributed by atoms with Crippen molar-refractivity contribution in [3.8, 4) is 11.1 Å². The second-order valence-electron chi connectivity index (χ2n) is 18.5. The lowest BCUT2D eigenvalue weighted by Gasteiger charge is -2.29. The summed E-state index contributed by atoms with van der Waals surface area (Å²) in [5.74, 6) is 0. The minimum absolute atomic E-state index is 1.08. The summed E-state index contributed by atoms with van der Waals surface area (Å²) in [5.41, 5.74) is 19.2. The largest absolute Gasteiger partial charge is 0.311 e. The number of hydrogen-bond acceptors (Lipinski definition) is 4. The van der Waals surface area contributed by atoms with Gasteiger partial charge in [0.1, 0.15) is 0 Å². The van der Waals surface area contributed by atoms with Crippen molar-refractivity contribution in [1.29, 1.82) is 0 Å². The maximum atomic E-state index is 3.56. The van der Waals surface area contributed by atoms with E-state index in [2.05, 4.69) is 314 Å². The molecule has 10 aromatic rings. The van der Waals surface area contributed by atoms with Gasteiger partial charge < -0.3 is 19.6 Å². The fraction of sp³-hybridized carbons (Fsp3) is 0.0685. The molecule has 0 saturated carbocycles. The molecule has 0 amide bonds. The highest BCUT2D eigenvalue weighted by Gasteiger charge is 2.19. The van der Waals surface area contributed by atoms with Crippen LogP contribution in [0.2, 0.25) is 0 Å². The van der Waals surface area contributed by atoms with Gasteiger partial charge in [-0.1, -0.05) is 170 Å². The summed E-state index contributed by atoms with van der Waals surface area (Å²) in [4.78, 5) is 9.26. The summed E-state index contributed by atoms with van der Waals surface area (Å²) >= 11 is 0. The maximum absolute atomic E-state index is 3.56. The predicted octanol–water partition coefficient (Wildman–Crippen LogP) is 21.7. The Balaban J connectivity index is 0.000000648. The molecule has 0 aliphatic heterocycles. The molecule has 0 aliphatic carbocycles. The van der Waals surface area contributed by atoms with Gasteiger partial charge in [0.15, 0.2) is 0 Å². The van der Waals surface area contributed by atoms with Gasteiger partial charge in [-0.25, -0.2) is 0 Å². The van der Waals surface area contributed by atoms with Gasteiger partial charge in [0.2, 0.25) is 0 Å². The van der Waals surface area contributed by atoms with E-state index < -0.39 is 0 Å². The van der Waals surface area contributed by atoms with Crippen LogP contribution in [-0.4, -0.2) is 0 Å². The van der Waals surface area contributed by atoms with Crippen LogP contribution in [0.1, 0.15) is 31.9 Å². The van der Waals surface area contributed by atoms with Gasteiger partial charge in [-0.2, -0.15) is 0 Å². The predicted molar refractivity (Wildman–Crippen MR) is 335 cm³/mol. The molecule has 0 N–H and O–H groups in total. The van der Waals surface area contributed by atoms with E-state index >= 15 is 0 Å². The van der Waals surface area contributed by atoms with Crippen molar-refractivity contribution in [2.45, 2.75) is 34.6 Å². The molecule has 0 aromatic heterocycles. The summed E-state index contributed by atoms with van der Waals surface area (Å²) in [6, 6.07) is 95.2. The maximum Gasteiger partial charge on any atom is 0.0464 e. The Morgan fingerprint density at radius 1 is 0.312 bits per heavy atom. The lowest BCUT2D eigenvalue weighted by molar-refractivity contribution is 1.25.